The molecule has 0 fully saturated rings. The zero-order valence-corrected chi connectivity index (χ0v) is 8.29. The van der Waals surface area contributed by atoms with Crippen LogP contribution in [0.3, 0.4) is 0 Å². The number of benzene rings is 2. The molecule has 0 amide bonds. The van der Waals surface area contributed by atoms with Gasteiger partial charge < -0.3 is 0 Å². The molecule has 15 heavy (non-hydrogen) atoms. The predicted octanol–water partition coefficient (Wildman–Crippen LogP) is 3.86. The Bertz CT molecular complexity index is 442. The largest absolute Gasteiger partial charge is 0.250 e. The van der Waals surface area contributed by atoms with Crippen LogP contribution in [-0.2, 0) is 0 Å². The third-order valence-corrected chi connectivity index (χ3v) is 2.64. The van der Waals surface area contributed by atoms with Crippen molar-refractivity contribution in [1.82, 2.24) is 0 Å². The normalized spacial score (nSPS) is 11.1. The van der Waals surface area contributed by atoms with Crippen molar-refractivity contribution < 1.29 is 8.78 Å². The number of fused-ring (bicyclic) bond motifs is 1. The summed E-state index contributed by atoms with van der Waals surface area (Å²) in [4.78, 5) is 0. The van der Waals surface area contributed by atoms with Gasteiger partial charge in [0, 0.05) is 5.92 Å². The van der Waals surface area contributed by atoms with Crippen molar-refractivity contribution in [3.8, 4) is 0 Å². The SMILES string of the molecule is FCC(CF)c1cccc2ccccc12. The number of rotatable bonds is 3. The van der Waals surface area contributed by atoms with Crippen LogP contribution in [0.2, 0.25) is 0 Å². The van der Waals surface area contributed by atoms with Crippen LogP contribution in [0, 0.1) is 0 Å². The van der Waals surface area contributed by atoms with Gasteiger partial charge in [0.25, 0.3) is 0 Å². The van der Waals surface area contributed by atoms with Gasteiger partial charge in [0.1, 0.15) is 0 Å². The fourth-order valence-electron chi connectivity index (χ4n) is 1.81. The van der Waals surface area contributed by atoms with E-state index >= 15 is 0 Å². The highest BCUT2D eigenvalue weighted by molar-refractivity contribution is 5.86. The molecule has 0 bridgehead atoms. The lowest BCUT2D eigenvalue weighted by atomic mass is 9.95. The fourth-order valence-corrected chi connectivity index (χ4v) is 1.81. The van der Waals surface area contributed by atoms with Crippen molar-refractivity contribution in [1.29, 1.82) is 0 Å². The summed E-state index contributed by atoms with van der Waals surface area (Å²) in [7, 11) is 0. The van der Waals surface area contributed by atoms with Crippen molar-refractivity contribution in [3.05, 3.63) is 48.0 Å². The summed E-state index contributed by atoms with van der Waals surface area (Å²) >= 11 is 0. The molecule has 2 aromatic carbocycles. The number of alkyl halides is 2. The molecule has 0 atom stereocenters. The summed E-state index contributed by atoms with van der Waals surface area (Å²) in [5.74, 6) is -0.629. The van der Waals surface area contributed by atoms with Gasteiger partial charge in [-0.15, -0.1) is 0 Å². The zero-order valence-electron chi connectivity index (χ0n) is 8.29. The van der Waals surface area contributed by atoms with Crippen LogP contribution < -0.4 is 0 Å². The fraction of sp³-hybridized carbons (Fsp3) is 0.231. The summed E-state index contributed by atoms with van der Waals surface area (Å²) < 4.78 is 25.3. The molecule has 0 saturated carbocycles. The highest BCUT2D eigenvalue weighted by Crippen LogP contribution is 2.26. The predicted molar refractivity (Wildman–Crippen MR) is 58.6 cm³/mol. The molecule has 0 spiro atoms. The van der Waals surface area contributed by atoms with Gasteiger partial charge in [-0.3, -0.25) is 8.78 Å². The van der Waals surface area contributed by atoms with E-state index in [0.717, 1.165) is 16.3 Å². The Kier molecular flexibility index (Phi) is 2.95. The van der Waals surface area contributed by atoms with E-state index in [1.165, 1.54) is 0 Å². The highest BCUT2D eigenvalue weighted by Gasteiger charge is 2.13. The van der Waals surface area contributed by atoms with Crippen molar-refractivity contribution >= 4 is 10.8 Å². The average molecular weight is 206 g/mol. The van der Waals surface area contributed by atoms with E-state index < -0.39 is 19.3 Å². The van der Waals surface area contributed by atoms with E-state index in [1.807, 2.05) is 36.4 Å². The maximum atomic E-state index is 12.6. The van der Waals surface area contributed by atoms with E-state index in [-0.39, 0.29) is 0 Å². The molecule has 0 saturated heterocycles. The Balaban J connectivity index is 2.59. The molecule has 0 unspecified atom stereocenters. The molecule has 0 radical (unpaired) electrons. The third kappa shape index (κ3) is 1.84. The number of halogens is 2. The molecule has 2 heteroatoms. The zero-order chi connectivity index (χ0) is 10.7. The summed E-state index contributed by atoms with van der Waals surface area (Å²) in [5, 5.41) is 1.97. The molecular formula is C13H12F2. The topological polar surface area (TPSA) is 0 Å². The lowest BCUT2D eigenvalue weighted by molar-refractivity contribution is 0.354. The highest BCUT2D eigenvalue weighted by atomic mass is 19.1. The van der Waals surface area contributed by atoms with E-state index in [0.29, 0.717) is 0 Å². The smallest absolute Gasteiger partial charge is 0.0988 e. The average Bonchev–Trinajstić information content (AvgIpc) is 2.31. The van der Waals surface area contributed by atoms with Crippen LogP contribution in [0.5, 0.6) is 0 Å². The van der Waals surface area contributed by atoms with Gasteiger partial charge in [0.05, 0.1) is 13.3 Å². The maximum Gasteiger partial charge on any atom is 0.0988 e. The molecule has 2 rings (SSSR count). The van der Waals surface area contributed by atoms with E-state index in [4.69, 9.17) is 0 Å². The first kappa shape index (κ1) is 10.1. The lowest BCUT2D eigenvalue weighted by Crippen LogP contribution is -2.03. The van der Waals surface area contributed by atoms with E-state index in [1.54, 1.807) is 6.07 Å². The summed E-state index contributed by atoms with van der Waals surface area (Å²) in [6, 6.07) is 13.3. The second-order valence-corrected chi connectivity index (χ2v) is 3.57. The molecule has 0 aromatic heterocycles. The Morgan fingerprint density at radius 1 is 0.867 bits per heavy atom. The van der Waals surface area contributed by atoms with Gasteiger partial charge in [0.15, 0.2) is 0 Å². The van der Waals surface area contributed by atoms with Crippen LogP contribution in [-0.4, -0.2) is 13.3 Å². The second-order valence-electron chi connectivity index (χ2n) is 3.57. The maximum absolute atomic E-state index is 12.6. The van der Waals surface area contributed by atoms with Gasteiger partial charge in [-0.25, -0.2) is 0 Å². The summed E-state index contributed by atoms with van der Waals surface area (Å²) in [6.45, 7) is -1.30. The Morgan fingerprint density at radius 3 is 2.27 bits per heavy atom. The molecule has 78 valence electrons. The molecule has 0 N–H and O–H groups in total. The molecule has 2 aromatic rings. The Labute approximate surface area is 87.5 Å². The van der Waals surface area contributed by atoms with Gasteiger partial charge in [-0.2, -0.15) is 0 Å². The van der Waals surface area contributed by atoms with Crippen LogP contribution in [0.25, 0.3) is 10.8 Å². The first-order valence-corrected chi connectivity index (χ1v) is 4.96. The summed E-state index contributed by atoms with van der Waals surface area (Å²) in [6.07, 6.45) is 0. The minimum atomic E-state index is -0.648. The van der Waals surface area contributed by atoms with Crippen molar-refractivity contribution in [3.63, 3.8) is 0 Å². The molecular weight excluding hydrogens is 194 g/mol. The minimum absolute atomic E-state index is 0.629. The summed E-state index contributed by atoms with van der Waals surface area (Å²) in [5.41, 5.74) is 0.762. The van der Waals surface area contributed by atoms with Crippen molar-refractivity contribution in [2.24, 2.45) is 0 Å². The standard InChI is InChI=1S/C13H12F2/c14-8-11(9-15)13-7-3-5-10-4-1-2-6-12(10)13/h1-7,11H,8-9H2. The van der Waals surface area contributed by atoms with E-state index in [2.05, 4.69) is 0 Å². The molecule has 0 aliphatic carbocycles. The van der Waals surface area contributed by atoms with Crippen LogP contribution in [0.15, 0.2) is 42.5 Å². The van der Waals surface area contributed by atoms with Crippen molar-refractivity contribution in [2.45, 2.75) is 5.92 Å². The second kappa shape index (κ2) is 4.39. The van der Waals surface area contributed by atoms with Crippen LogP contribution in [0.4, 0.5) is 8.78 Å². The number of hydrogen-bond acceptors (Lipinski definition) is 0. The van der Waals surface area contributed by atoms with Gasteiger partial charge in [0.2, 0.25) is 0 Å². The minimum Gasteiger partial charge on any atom is -0.250 e. The first-order valence-electron chi connectivity index (χ1n) is 4.96. The molecule has 0 nitrogen and oxygen atoms in total. The Morgan fingerprint density at radius 2 is 1.53 bits per heavy atom. The Hall–Kier alpha value is -1.44. The van der Waals surface area contributed by atoms with Gasteiger partial charge >= 0.3 is 0 Å². The van der Waals surface area contributed by atoms with Crippen LogP contribution in [0.1, 0.15) is 11.5 Å². The lowest BCUT2D eigenvalue weighted by Gasteiger charge is -2.12. The van der Waals surface area contributed by atoms with Crippen molar-refractivity contribution in [2.75, 3.05) is 13.3 Å². The first-order chi connectivity index (χ1) is 7.36. The quantitative estimate of drug-likeness (QED) is 0.715. The molecule has 0 aliphatic rings. The third-order valence-electron chi connectivity index (χ3n) is 2.64. The van der Waals surface area contributed by atoms with E-state index in [9.17, 15) is 8.78 Å². The van der Waals surface area contributed by atoms with Crippen LogP contribution >= 0.6 is 0 Å². The monoisotopic (exact) mass is 206 g/mol. The van der Waals surface area contributed by atoms with Gasteiger partial charge in [-0.1, -0.05) is 42.5 Å². The number of hydrogen-bond donors (Lipinski definition) is 0. The van der Waals surface area contributed by atoms with Gasteiger partial charge in [-0.05, 0) is 16.3 Å². The molecule has 0 heterocycles. The molecule has 0 aliphatic heterocycles.